The van der Waals surface area contributed by atoms with Crippen LogP contribution in [0.5, 0.6) is 0 Å². The summed E-state index contributed by atoms with van der Waals surface area (Å²) in [6.45, 7) is 5.06. The summed E-state index contributed by atoms with van der Waals surface area (Å²) in [7, 11) is -3.56. The summed E-state index contributed by atoms with van der Waals surface area (Å²) in [4.78, 5) is 12.6. The van der Waals surface area contributed by atoms with E-state index in [-0.39, 0.29) is 10.8 Å². The van der Waals surface area contributed by atoms with E-state index >= 15 is 0 Å². The average Bonchev–Trinajstić information content (AvgIpc) is 2.77. The van der Waals surface area contributed by atoms with Gasteiger partial charge in [-0.25, -0.2) is 8.42 Å². The molecule has 1 fully saturated rings. The number of ether oxygens (including phenoxy) is 2. The molecule has 7 nitrogen and oxygen atoms in total. The largest absolute Gasteiger partial charge is 0.379 e. The molecule has 3 rings (SSSR count). The van der Waals surface area contributed by atoms with Crippen LogP contribution < -0.4 is 5.32 Å². The number of nitrogens with zero attached hydrogens (tertiary/aromatic N) is 1. The quantitative estimate of drug-likeness (QED) is 0.710. The molecule has 1 heterocycles. The smallest absolute Gasteiger partial charge is 0.251 e. The van der Waals surface area contributed by atoms with Gasteiger partial charge in [-0.2, -0.15) is 4.31 Å². The van der Waals surface area contributed by atoms with Gasteiger partial charge >= 0.3 is 0 Å². The van der Waals surface area contributed by atoms with E-state index in [1.807, 2.05) is 31.2 Å². The normalized spacial score (nSPS) is 15.2. The van der Waals surface area contributed by atoms with E-state index in [1.54, 1.807) is 0 Å². The molecule has 0 aromatic heterocycles. The van der Waals surface area contributed by atoms with E-state index in [9.17, 15) is 13.2 Å². The molecule has 2 aromatic rings. The van der Waals surface area contributed by atoms with Gasteiger partial charge in [0.15, 0.2) is 0 Å². The monoisotopic (exact) mass is 418 g/mol. The lowest BCUT2D eigenvalue weighted by Gasteiger charge is -2.26. The molecule has 1 aliphatic heterocycles. The molecular formula is C21H26N2O5S. The average molecular weight is 419 g/mol. The summed E-state index contributed by atoms with van der Waals surface area (Å²) in [5.74, 6) is -0.251. The van der Waals surface area contributed by atoms with Crippen LogP contribution in [0.4, 0.5) is 0 Å². The number of carbonyl (C=O) groups is 1. The van der Waals surface area contributed by atoms with Crippen molar-refractivity contribution in [1.29, 1.82) is 0 Å². The summed E-state index contributed by atoms with van der Waals surface area (Å²) in [6.07, 6.45) is 0. The Morgan fingerprint density at radius 2 is 1.66 bits per heavy atom. The van der Waals surface area contributed by atoms with E-state index < -0.39 is 10.0 Å². The van der Waals surface area contributed by atoms with Crippen LogP contribution in [0.15, 0.2) is 53.4 Å². The van der Waals surface area contributed by atoms with Crippen LogP contribution in [0, 0.1) is 0 Å². The second-order valence-electron chi connectivity index (χ2n) is 6.68. The molecular weight excluding hydrogens is 392 g/mol. The molecule has 0 unspecified atom stereocenters. The van der Waals surface area contributed by atoms with Gasteiger partial charge in [0.05, 0.1) is 24.7 Å². The number of hydrogen-bond donors (Lipinski definition) is 1. The third kappa shape index (κ3) is 5.63. The molecule has 0 spiro atoms. The predicted octanol–water partition coefficient (Wildman–Crippen LogP) is 2.17. The predicted molar refractivity (Wildman–Crippen MR) is 109 cm³/mol. The number of benzene rings is 2. The Kier molecular flexibility index (Phi) is 7.38. The van der Waals surface area contributed by atoms with Crippen molar-refractivity contribution >= 4 is 15.9 Å². The second-order valence-corrected chi connectivity index (χ2v) is 8.62. The molecule has 1 N–H and O–H groups in total. The lowest BCUT2D eigenvalue weighted by Crippen LogP contribution is -2.40. The van der Waals surface area contributed by atoms with Crippen molar-refractivity contribution in [3.63, 3.8) is 0 Å². The van der Waals surface area contributed by atoms with Gasteiger partial charge < -0.3 is 14.8 Å². The highest BCUT2D eigenvalue weighted by Gasteiger charge is 2.26. The maximum absolute atomic E-state index is 12.6. The van der Waals surface area contributed by atoms with Crippen molar-refractivity contribution in [3.05, 3.63) is 65.2 Å². The van der Waals surface area contributed by atoms with Gasteiger partial charge in [-0.3, -0.25) is 4.79 Å². The summed E-state index contributed by atoms with van der Waals surface area (Å²) in [5, 5.41) is 2.85. The highest BCUT2D eigenvalue weighted by Crippen LogP contribution is 2.18. The molecule has 156 valence electrons. The number of hydrogen-bond acceptors (Lipinski definition) is 5. The Hall–Kier alpha value is -2.26. The first-order chi connectivity index (χ1) is 14.0. The van der Waals surface area contributed by atoms with Gasteiger partial charge in [-0.15, -0.1) is 0 Å². The molecule has 0 radical (unpaired) electrons. The minimum absolute atomic E-state index is 0.181. The zero-order valence-electron chi connectivity index (χ0n) is 16.5. The van der Waals surface area contributed by atoms with Crippen LogP contribution in [0.2, 0.25) is 0 Å². The van der Waals surface area contributed by atoms with E-state index in [2.05, 4.69) is 5.32 Å². The standard InChI is InChI=1S/C21H26N2O5S/c1-2-27-16-18-5-3-17(4-6-18)15-22-21(24)19-7-9-20(10-8-19)29(25,26)23-11-13-28-14-12-23/h3-10H,2,11-16H2,1H3,(H,22,24). The first-order valence-corrected chi connectivity index (χ1v) is 11.1. The van der Waals surface area contributed by atoms with Crippen LogP contribution >= 0.6 is 0 Å². The summed E-state index contributed by atoms with van der Waals surface area (Å²) < 4.78 is 37.2. The molecule has 8 heteroatoms. The maximum Gasteiger partial charge on any atom is 0.251 e. The Bertz CT molecular complexity index is 905. The van der Waals surface area contributed by atoms with Crippen LogP contribution in [-0.2, 0) is 32.6 Å². The van der Waals surface area contributed by atoms with Crippen LogP contribution in [0.3, 0.4) is 0 Å². The van der Waals surface area contributed by atoms with E-state index in [1.165, 1.54) is 28.6 Å². The minimum atomic E-state index is -3.56. The van der Waals surface area contributed by atoms with Crippen molar-refractivity contribution < 1.29 is 22.7 Å². The fraction of sp³-hybridized carbons (Fsp3) is 0.381. The van der Waals surface area contributed by atoms with Gasteiger partial charge in [0, 0.05) is 31.8 Å². The number of nitrogens with one attached hydrogen (secondary N) is 1. The van der Waals surface area contributed by atoms with Crippen molar-refractivity contribution in [1.82, 2.24) is 9.62 Å². The molecule has 1 amide bonds. The van der Waals surface area contributed by atoms with Crippen LogP contribution in [0.25, 0.3) is 0 Å². The molecule has 0 atom stereocenters. The Morgan fingerprint density at radius 3 is 2.28 bits per heavy atom. The van der Waals surface area contributed by atoms with E-state index in [4.69, 9.17) is 9.47 Å². The minimum Gasteiger partial charge on any atom is -0.379 e. The SMILES string of the molecule is CCOCc1ccc(CNC(=O)c2ccc(S(=O)(=O)N3CCOCC3)cc2)cc1. The maximum atomic E-state index is 12.6. The van der Waals surface area contributed by atoms with E-state index in [0.29, 0.717) is 51.6 Å². The third-order valence-corrected chi connectivity index (χ3v) is 6.59. The first kappa shape index (κ1) is 21.4. The Balaban J connectivity index is 1.57. The van der Waals surface area contributed by atoms with E-state index in [0.717, 1.165) is 11.1 Å². The molecule has 29 heavy (non-hydrogen) atoms. The highest BCUT2D eigenvalue weighted by molar-refractivity contribution is 7.89. The van der Waals surface area contributed by atoms with Gasteiger partial charge in [0.1, 0.15) is 0 Å². The van der Waals surface area contributed by atoms with Gasteiger partial charge in [0.2, 0.25) is 10.0 Å². The fourth-order valence-corrected chi connectivity index (χ4v) is 4.38. The Labute approximate surface area is 171 Å². The van der Waals surface area contributed by atoms with Crippen molar-refractivity contribution in [2.75, 3.05) is 32.9 Å². The van der Waals surface area contributed by atoms with Crippen molar-refractivity contribution in [3.8, 4) is 0 Å². The first-order valence-electron chi connectivity index (χ1n) is 9.62. The van der Waals surface area contributed by atoms with Crippen molar-refractivity contribution in [2.24, 2.45) is 0 Å². The topological polar surface area (TPSA) is 84.9 Å². The zero-order valence-corrected chi connectivity index (χ0v) is 17.3. The van der Waals surface area contributed by atoms with Gasteiger partial charge in [0.25, 0.3) is 5.91 Å². The van der Waals surface area contributed by atoms with Crippen LogP contribution in [-0.4, -0.2) is 51.5 Å². The number of morpholine rings is 1. The van der Waals surface area contributed by atoms with Crippen molar-refractivity contribution in [2.45, 2.75) is 25.0 Å². The van der Waals surface area contributed by atoms with Gasteiger partial charge in [-0.05, 0) is 42.3 Å². The van der Waals surface area contributed by atoms with Crippen LogP contribution in [0.1, 0.15) is 28.4 Å². The summed E-state index contributed by atoms with van der Waals surface area (Å²) in [5.41, 5.74) is 2.47. The summed E-state index contributed by atoms with van der Waals surface area (Å²) in [6, 6.07) is 13.9. The third-order valence-electron chi connectivity index (χ3n) is 4.67. The fourth-order valence-electron chi connectivity index (χ4n) is 2.97. The molecule has 1 saturated heterocycles. The zero-order chi connectivity index (χ0) is 20.7. The molecule has 0 bridgehead atoms. The number of amides is 1. The Morgan fingerprint density at radius 1 is 1.03 bits per heavy atom. The lowest BCUT2D eigenvalue weighted by molar-refractivity contribution is 0.0730. The molecule has 0 aliphatic carbocycles. The lowest BCUT2D eigenvalue weighted by atomic mass is 10.1. The number of carbonyl (C=O) groups excluding carboxylic acids is 1. The molecule has 1 aliphatic rings. The number of rotatable bonds is 8. The molecule has 0 saturated carbocycles. The van der Waals surface area contributed by atoms with Gasteiger partial charge in [-0.1, -0.05) is 24.3 Å². The summed E-state index contributed by atoms with van der Waals surface area (Å²) >= 11 is 0. The second kappa shape index (κ2) is 9.98. The molecule has 2 aromatic carbocycles. The number of sulfonamides is 1. The highest BCUT2D eigenvalue weighted by atomic mass is 32.2.